The second kappa shape index (κ2) is 8.43. The molecular weight excluding hydrogens is 510 g/mol. The van der Waals surface area contributed by atoms with Crippen LogP contribution in [0.1, 0.15) is 6.42 Å². The van der Waals surface area contributed by atoms with E-state index in [1.807, 2.05) is 24.3 Å². The van der Waals surface area contributed by atoms with Gasteiger partial charge in [-0.1, -0.05) is 39.4 Å². The summed E-state index contributed by atoms with van der Waals surface area (Å²) in [6.45, 7) is 3.49. The van der Waals surface area contributed by atoms with Gasteiger partial charge in [0.15, 0.2) is 0 Å². The molecule has 180 valence electrons. The zero-order valence-corrected chi connectivity index (χ0v) is 19.7. The minimum Gasteiger partial charge on any atom is -0.481 e. The lowest BCUT2D eigenvalue weighted by Crippen LogP contribution is -2.57. The smallest absolute Gasteiger partial charge is 0.310 e. The minimum atomic E-state index is -1.30. The number of benzene rings is 1. The first-order valence-corrected chi connectivity index (χ1v) is 11.9. The fraction of sp³-hybridized carbons (Fsp3) is 0.500. The number of amides is 2. The van der Waals surface area contributed by atoms with Crippen LogP contribution in [-0.4, -0.2) is 95.1 Å². The lowest BCUT2D eigenvalue weighted by atomic mass is 9.70. The van der Waals surface area contributed by atoms with E-state index in [1.165, 1.54) is 9.80 Å². The molecule has 3 aliphatic rings. The van der Waals surface area contributed by atoms with Gasteiger partial charge in [0.25, 0.3) is 0 Å². The van der Waals surface area contributed by atoms with E-state index >= 15 is 0 Å². The number of aliphatic hydroxyl groups is 1. The first-order valence-electron chi connectivity index (χ1n) is 11.0. The van der Waals surface area contributed by atoms with E-state index in [9.17, 15) is 24.6 Å². The number of β-amino-alcohol motifs (C(OH)–C–C–N with tert-alkyl or cyclic N) is 1. The van der Waals surface area contributed by atoms with Crippen molar-refractivity contribution in [2.75, 3.05) is 19.7 Å². The third-order valence-corrected chi connectivity index (χ3v) is 7.88. The van der Waals surface area contributed by atoms with Crippen molar-refractivity contribution >= 4 is 44.7 Å². The second-order valence-electron chi connectivity index (χ2n) is 8.83. The highest BCUT2D eigenvalue weighted by molar-refractivity contribution is 9.09. The number of carboxylic acid groups (broad SMARTS) is 1. The third-order valence-electron chi connectivity index (χ3n) is 7.04. The molecule has 34 heavy (non-hydrogen) atoms. The van der Waals surface area contributed by atoms with Crippen molar-refractivity contribution in [3.63, 3.8) is 0 Å². The Bertz CT molecular complexity index is 1170. The molecule has 0 aliphatic carbocycles. The highest BCUT2D eigenvalue weighted by Gasteiger charge is 2.76. The third kappa shape index (κ3) is 3.19. The molecule has 1 spiro atoms. The highest BCUT2D eigenvalue weighted by Crippen LogP contribution is 2.60. The number of fused-ring (bicyclic) bond motifs is 2. The lowest BCUT2D eigenvalue weighted by molar-refractivity contribution is -0.151. The van der Waals surface area contributed by atoms with Crippen LogP contribution in [0.3, 0.4) is 0 Å². The molecule has 2 amide bonds. The number of carbonyl (C=O) groups is 3. The Labute approximate surface area is 203 Å². The molecule has 0 radical (unpaired) electrons. The Morgan fingerprint density at radius 1 is 1.38 bits per heavy atom. The topological polar surface area (TPSA) is 138 Å². The SMILES string of the molecule is C=CCN(Cn1nnc2ccccc21)C(=O)[C@H]1N(CCO)C(=O)[C@@H]2[C@@H](C(=O)O)[C@@H]3O[C@@]21CC3Br. The van der Waals surface area contributed by atoms with E-state index in [2.05, 4.69) is 32.8 Å². The monoisotopic (exact) mass is 533 g/mol. The number of halogens is 1. The molecule has 0 saturated carbocycles. The standard InChI is InChI=1S/C22H24BrN5O6/c1-2-7-26(11-28-14-6-4-3-5-13(14)24-25-28)20(31)18-22-10-12(23)17(34-22)15(21(32)33)16(22)19(30)27(18)8-9-29/h2-6,12,15-18,29H,1,7-11H2,(H,32,33)/t12?,15-,16+,17-,18-,22+/m1/s1. The van der Waals surface area contributed by atoms with E-state index in [0.717, 1.165) is 5.52 Å². The van der Waals surface area contributed by atoms with Crippen LogP contribution in [0.15, 0.2) is 36.9 Å². The number of carbonyl (C=O) groups excluding carboxylic acids is 2. The molecule has 3 aliphatic heterocycles. The molecule has 2 aromatic rings. The Kier molecular flexibility index (Phi) is 5.69. The molecule has 1 aromatic heterocycles. The molecule has 5 rings (SSSR count). The van der Waals surface area contributed by atoms with Crippen molar-refractivity contribution in [3.8, 4) is 0 Å². The summed E-state index contributed by atoms with van der Waals surface area (Å²) >= 11 is 3.50. The number of hydrogen-bond acceptors (Lipinski definition) is 7. The maximum atomic E-state index is 14.0. The Morgan fingerprint density at radius 2 is 2.15 bits per heavy atom. The van der Waals surface area contributed by atoms with Gasteiger partial charge in [-0.2, -0.15) is 0 Å². The number of rotatable bonds is 8. The van der Waals surface area contributed by atoms with Crippen molar-refractivity contribution in [2.45, 2.75) is 35.7 Å². The van der Waals surface area contributed by atoms with Crippen molar-refractivity contribution in [1.82, 2.24) is 24.8 Å². The largest absolute Gasteiger partial charge is 0.481 e. The Balaban J connectivity index is 1.54. The van der Waals surface area contributed by atoms with Crippen LogP contribution in [0.2, 0.25) is 0 Å². The van der Waals surface area contributed by atoms with Crippen LogP contribution in [0.4, 0.5) is 0 Å². The van der Waals surface area contributed by atoms with E-state index in [4.69, 9.17) is 4.74 Å². The van der Waals surface area contributed by atoms with E-state index in [0.29, 0.717) is 11.9 Å². The van der Waals surface area contributed by atoms with Gasteiger partial charge in [0.05, 0.1) is 30.1 Å². The van der Waals surface area contributed by atoms with Gasteiger partial charge < -0.3 is 24.7 Å². The Hall–Kier alpha value is -2.83. The number of carboxylic acids is 1. The summed E-state index contributed by atoms with van der Waals surface area (Å²) in [6.07, 6.45) is 1.16. The molecule has 3 saturated heterocycles. The van der Waals surface area contributed by atoms with Crippen LogP contribution in [0.5, 0.6) is 0 Å². The molecule has 2 bridgehead atoms. The second-order valence-corrected chi connectivity index (χ2v) is 10.0. The first-order chi connectivity index (χ1) is 16.3. The average molecular weight is 534 g/mol. The summed E-state index contributed by atoms with van der Waals surface area (Å²) in [5, 5.41) is 27.8. The molecule has 11 nitrogen and oxygen atoms in total. The van der Waals surface area contributed by atoms with Gasteiger partial charge in [-0.25, -0.2) is 4.68 Å². The van der Waals surface area contributed by atoms with Crippen LogP contribution < -0.4 is 0 Å². The van der Waals surface area contributed by atoms with Crippen molar-refractivity contribution in [2.24, 2.45) is 11.8 Å². The average Bonchev–Trinajstić information content (AvgIpc) is 3.51. The summed E-state index contributed by atoms with van der Waals surface area (Å²) < 4.78 is 7.79. The predicted molar refractivity (Wildman–Crippen MR) is 122 cm³/mol. The van der Waals surface area contributed by atoms with Crippen LogP contribution >= 0.6 is 15.9 Å². The van der Waals surface area contributed by atoms with Gasteiger partial charge in [-0.15, -0.1) is 11.7 Å². The maximum absolute atomic E-state index is 14.0. The molecule has 2 N–H and O–H groups in total. The Morgan fingerprint density at radius 3 is 2.85 bits per heavy atom. The number of aliphatic hydroxyl groups excluding tert-OH is 1. The van der Waals surface area contributed by atoms with E-state index < -0.39 is 47.4 Å². The molecule has 4 heterocycles. The van der Waals surface area contributed by atoms with Crippen molar-refractivity contribution in [1.29, 1.82) is 0 Å². The number of hydrogen-bond donors (Lipinski definition) is 2. The summed E-state index contributed by atoms with van der Waals surface area (Å²) in [5.74, 6) is -4.11. The van der Waals surface area contributed by atoms with Gasteiger partial charge in [-0.3, -0.25) is 14.4 Å². The number of ether oxygens (including phenoxy) is 1. The molecule has 3 fully saturated rings. The van der Waals surface area contributed by atoms with Crippen molar-refractivity contribution < 1.29 is 29.3 Å². The molecular formula is C22H24BrN5O6. The van der Waals surface area contributed by atoms with E-state index in [1.54, 1.807) is 10.8 Å². The fourth-order valence-electron chi connectivity index (χ4n) is 5.77. The molecule has 12 heteroatoms. The first kappa shape index (κ1) is 22.9. The summed E-state index contributed by atoms with van der Waals surface area (Å²) in [5.41, 5.74) is 0.114. The van der Waals surface area contributed by atoms with Gasteiger partial charge in [0.2, 0.25) is 11.8 Å². The molecule has 1 unspecified atom stereocenters. The molecule has 6 atom stereocenters. The van der Waals surface area contributed by atoms with Crippen LogP contribution in [0.25, 0.3) is 11.0 Å². The van der Waals surface area contributed by atoms with Gasteiger partial charge >= 0.3 is 5.97 Å². The fourth-order valence-corrected chi connectivity index (χ4v) is 6.71. The minimum absolute atomic E-state index is 0.0489. The summed E-state index contributed by atoms with van der Waals surface area (Å²) in [6, 6.07) is 6.26. The maximum Gasteiger partial charge on any atom is 0.310 e. The van der Waals surface area contributed by atoms with Crippen LogP contribution in [0, 0.1) is 11.8 Å². The van der Waals surface area contributed by atoms with Crippen molar-refractivity contribution in [3.05, 3.63) is 36.9 Å². The number of aromatic nitrogens is 3. The highest BCUT2D eigenvalue weighted by atomic mass is 79.9. The number of aliphatic carboxylic acids is 1. The van der Waals surface area contributed by atoms with E-state index in [-0.39, 0.29) is 31.2 Å². The zero-order valence-electron chi connectivity index (χ0n) is 18.2. The number of nitrogens with zero attached hydrogens (tertiary/aromatic N) is 5. The van der Waals surface area contributed by atoms with Gasteiger partial charge in [0.1, 0.15) is 23.8 Å². The number of para-hydroxylation sites is 1. The molecule has 1 aromatic carbocycles. The summed E-state index contributed by atoms with van der Waals surface area (Å²) in [7, 11) is 0. The normalized spacial score (nSPS) is 31.8. The lowest BCUT2D eigenvalue weighted by Gasteiger charge is -2.36. The predicted octanol–water partition coefficient (Wildman–Crippen LogP) is 0.228. The summed E-state index contributed by atoms with van der Waals surface area (Å²) in [4.78, 5) is 42.0. The van der Waals surface area contributed by atoms with Gasteiger partial charge in [-0.05, 0) is 18.6 Å². The van der Waals surface area contributed by atoms with Crippen LogP contribution in [-0.2, 0) is 25.8 Å². The van der Waals surface area contributed by atoms with Gasteiger partial charge in [0, 0.05) is 17.9 Å². The quantitative estimate of drug-likeness (QED) is 0.363. The zero-order chi connectivity index (χ0) is 24.2. The number of likely N-dealkylation sites (tertiary alicyclic amines) is 1. The number of alkyl halides is 1.